The van der Waals surface area contributed by atoms with Crippen LogP contribution in [0.3, 0.4) is 0 Å². The van der Waals surface area contributed by atoms with E-state index in [-0.39, 0.29) is 17.0 Å². The SMILES string of the molecule is CC(C)C12C[NH+]3CC(C(C)C)(C[NH+](C1)C3c1ccccc1O)C2=O. The van der Waals surface area contributed by atoms with Crippen molar-refractivity contribution in [3.63, 3.8) is 0 Å². The second-order valence-electron chi connectivity index (χ2n) is 8.97. The number of rotatable bonds is 3. The number of Topliss-reactive ketones (excluding diaryl/α,β-unsaturated/α-hetero) is 1. The van der Waals surface area contributed by atoms with Crippen LogP contribution in [0, 0.1) is 22.7 Å². The first-order valence-corrected chi connectivity index (χ1v) is 9.34. The molecule has 3 N–H and O–H groups in total. The summed E-state index contributed by atoms with van der Waals surface area (Å²) in [6, 6.07) is 7.76. The van der Waals surface area contributed by atoms with Crippen molar-refractivity contribution >= 4 is 5.78 Å². The molecule has 24 heavy (non-hydrogen) atoms. The molecule has 1 aromatic rings. The van der Waals surface area contributed by atoms with Gasteiger partial charge in [-0.05, 0) is 24.0 Å². The van der Waals surface area contributed by atoms with E-state index in [0.717, 1.165) is 31.7 Å². The maximum Gasteiger partial charge on any atom is 0.243 e. The van der Waals surface area contributed by atoms with Crippen molar-refractivity contribution in [2.75, 3.05) is 26.2 Å². The van der Waals surface area contributed by atoms with E-state index < -0.39 is 0 Å². The summed E-state index contributed by atoms with van der Waals surface area (Å²) in [5.74, 6) is 1.68. The van der Waals surface area contributed by atoms with Crippen LogP contribution in [0.2, 0.25) is 0 Å². The summed E-state index contributed by atoms with van der Waals surface area (Å²) in [6.07, 6.45) is 0.262. The third kappa shape index (κ3) is 1.84. The molecule has 4 heteroatoms. The number of piperidine rings is 2. The van der Waals surface area contributed by atoms with Crippen molar-refractivity contribution in [2.24, 2.45) is 22.7 Å². The summed E-state index contributed by atoms with van der Waals surface area (Å²) < 4.78 is 0. The van der Waals surface area contributed by atoms with Gasteiger partial charge in [0, 0.05) is 0 Å². The average Bonchev–Trinajstić information content (AvgIpc) is 2.52. The molecule has 0 unspecified atom stereocenters. The molecule has 4 aliphatic rings. The molecular formula is C20H30N2O2+2. The third-order valence-electron chi connectivity index (χ3n) is 7.35. The fraction of sp³-hybridized carbons (Fsp3) is 0.650. The van der Waals surface area contributed by atoms with Crippen LogP contribution in [0.1, 0.15) is 39.4 Å². The number of benzene rings is 1. The summed E-state index contributed by atoms with van der Waals surface area (Å²) in [4.78, 5) is 16.5. The summed E-state index contributed by atoms with van der Waals surface area (Å²) in [5.41, 5.74) is 0.671. The van der Waals surface area contributed by atoms with Gasteiger partial charge in [-0.25, -0.2) is 0 Å². The van der Waals surface area contributed by atoms with E-state index in [0.29, 0.717) is 23.4 Å². The topological polar surface area (TPSA) is 46.2 Å². The predicted octanol–water partition coefficient (Wildman–Crippen LogP) is 0.0553. The summed E-state index contributed by atoms with van der Waals surface area (Å²) in [7, 11) is 0. The minimum atomic E-state index is -0.188. The zero-order chi connectivity index (χ0) is 17.3. The van der Waals surface area contributed by atoms with Gasteiger partial charge in [-0.3, -0.25) is 14.6 Å². The molecule has 4 bridgehead atoms. The number of carbonyl (C=O) groups excluding carboxylic acids is 1. The van der Waals surface area contributed by atoms with Gasteiger partial charge >= 0.3 is 0 Å². The van der Waals surface area contributed by atoms with Crippen molar-refractivity contribution in [1.82, 2.24) is 0 Å². The number of ketones is 1. The lowest BCUT2D eigenvalue weighted by Crippen LogP contribution is -3.41. The van der Waals surface area contributed by atoms with Crippen LogP contribution in [-0.4, -0.2) is 37.1 Å². The Morgan fingerprint density at radius 2 is 1.42 bits per heavy atom. The van der Waals surface area contributed by atoms with Crippen molar-refractivity contribution in [2.45, 2.75) is 33.9 Å². The molecule has 130 valence electrons. The van der Waals surface area contributed by atoms with Crippen molar-refractivity contribution in [1.29, 1.82) is 0 Å². The van der Waals surface area contributed by atoms with Gasteiger partial charge in [0.2, 0.25) is 6.17 Å². The Bertz CT molecular complexity index is 636. The van der Waals surface area contributed by atoms with E-state index in [1.807, 2.05) is 12.1 Å². The molecule has 0 spiro atoms. The largest absolute Gasteiger partial charge is 0.507 e. The molecule has 5 rings (SSSR count). The molecular weight excluding hydrogens is 300 g/mol. The molecule has 0 atom stereocenters. The van der Waals surface area contributed by atoms with E-state index in [2.05, 4.69) is 33.8 Å². The fourth-order valence-electron chi connectivity index (χ4n) is 5.90. The number of aromatic hydroxyl groups is 1. The number of para-hydroxylation sites is 1. The van der Waals surface area contributed by atoms with Gasteiger partial charge in [0.05, 0.1) is 0 Å². The highest BCUT2D eigenvalue weighted by Gasteiger charge is 2.73. The zero-order valence-electron chi connectivity index (χ0n) is 15.2. The molecule has 4 fully saturated rings. The van der Waals surface area contributed by atoms with Crippen LogP contribution < -0.4 is 9.80 Å². The average molecular weight is 330 g/mol. The predicted molar refractivity (Wildman–Crippen MR) is 91.8 cm³/mol. The van der Waals surface area contributed by atoms with E-state index in [1.54, 1.807) is 6.07 Å². The highest BCUT2D eigenvalue weighted by Crippen LogP contribution is 2.45. The number of carbonyl (C=O) groups is 1. The molecule has 0 saturated carbocycles. The second kappa shape index (κ2) is 5.06. The normalized spacial score (nSPS) is 40.8. The number of hydrogen-bond donors (Lipinski definition) is 3. The Kier molecular flexibility index (Phi) is 3.39. The van der Waals surface area contributed by atoms with E-state index in [9.17, 15) is 9.90 Å². The molecule has 4 saturated heterocycles. The van der Waals surface area contributed by atoms with Gasteiger partial charge in [0.15, 0.2) is 5.78 Å². The first-order valence-electron chi connectivity index (χ1n) is 9.34. The number of hydrogen-bond acceptors (Lipinski definition) is 2. The Balaban J connectivity index is 1.81. The Morgan fingerprint density at radius 3 is 1.83 bits per heavy atom. The van der Waals surface area contributed by atoms with E-state index in [4.69, 9.17) is 0 Å². The smallest absolute Gasteiger partial charge is 0.243 e. The monoisotopic (exact) mass is 330 g/mol. The second-order valence-corrected chi connectivity index (χ2v) is 8.97. The maximum absolute atomic E-state index is 13.5. The summed E-state index contributed by atoms with van der Waals surface area (Å²) in [5, 5.41) is 10.4. The standard InChI is InChI=1S/C20H28N2O2/c1-13(2)19-9-21-11-20(14(3)4,18(19)24)12-22(10-19)17(21)15-7-5-6-8-16(15)23/h5-8,13-14,17,23H,9-12H2,1-4H3/p+2. The first-order chi connectivity index (χ1) is 11.3. The molecule has 4 aliphatic heterocycles. The van der Waals surface area contributed by atoms with Crippen LogP contribution >= 0.6 is 0 Å². The highest BCUT2D eigenvalue weighted by atomic mass is 16.3. The van der Waals surface area contributed by atoms with Crippen LogP contribution in [-0.2, 0) is 4.79 Å². The highest BCUT2D eigenvalue weighted by molar-refractivity contribution is 5.92. The lowest BCUT2D eigenvalue weighted by atomic mass is 9.53. The minimum absolute atomic E-state index is 0.188. The number of nitrogens with one attached hydrogen (secondary N) is 2. The molecule has 0 radical (unpaired) electrons. The van der Waals surface area contributed by atoms with E-state index >= 15 is 0 Å². The Labute approximate surface area is 144 Å². The molecule has 0 amide bonds. The number of quaternary nitrogens is 2. The number of phenolic OH excluding ortho intramolecular Hbond substituents is 1. The van der Waals surface area contributed by atoms with Gasteiger partial charge < -0.3 is 5.11 Å². The fourth-order valence-corrected chi connectivity index (χ4v) is 5.90. The van der Waals surface area contributed by atoms with Gasteiger partial charge in [-0.15, -0.1) is 0 Å². The quantitative estimate of drug-likeness (QED) is 0.734. The molecule has 4 heterocycles. The maximum atomic E-state index is 13.5. The van der Waals surface area contributed by atoms with Gasteiger partial charge in [0.1, 0.15) is 48.3 Å². The molecule has 4 nitrogen and oxygen atoms in total. The number of phenols is 1. The van der Waals surface area contributed by atoms with Crippen LogP contribution in [0.25, 0.3) is 0 Å². The lowest BCUT2D eigenvalue weighted by molar-refractivity contribution is -1.18. The summed E-state index contributed by atoms with van der Waals surface area (Å²) >= 11 is 0. The minimum Gasteiger partial charge on any atom is -0.507 e. The lowest BCUT2D eigenvalue weighted by Gasteiger charge is -2.62. The zero-order valence-corrected chi connectivity index (χ0v) is 15.2. The molecule has 0 aromatic heterocycles. The van der Waals surface area contributed by atoms with Crippen LogP contribution in [0.5, 0.6) is 5.75 Å². The van der Waals surface area contributed by atoms with Gasteiger partial charge in [-0.1, -0.05) is 39.8 Å². The first kappa shape index (κ1) is 16.1. The van der Waals surface area contributed by atoms with Crippen molar-refractivity contribution < 1.29 is 19.7 Å². The molecule has 0 aliphatic carbocycles. The Hall–Kier alpha value is -1.39. The third-order valence-corrected chi connectivity index (χ3v) is 7.35. The van der Waals surface area contributed by atoms with Crippen LogP contribution in [0.4, 0.5) is 0 Å². The van der Waals surface area contributed by atoms with Gasteiger partial charge in [-0.2, -0.15) is 0 Å². The molecule has 1 aromatic carbocycles. The van der Waals surface area contributed by atoms with E-state index in [1.165, 1.54) is 9.80 Å². The summed E-state index contributed by atoms with van der Waals surface area (Å²) in [6.45, 7) is 12.5. The van der Waals surface area contributed by atoms with Crippen LogP contribution in [0.15, 0.2) is 24.3 Å². The van der Waals surface area contributed by atoms with Crippen molar-refractivity contribution in [3.05, 3.63) is 29.8 Å². The van der Waals surface area contributed by atoms with Crippen molar-refractivity contribution in [3.8, 4) is 5.75 Å². The van der Waals surface area contributed by atoms with Gasteiger partial charge in [0.25, 0.3) is 0 Å². The Morgan fingerprint density at radius 1 is 0.958 bits per heavy atom.